The number of terminal acetylenes is 1. The molecule has 9 heteroatoms. The molecule has 0 spiro atoms. The molecule has 0 aliphatic heterocycles. The van der Waals surface area contributed by atoms with Crippen LogP contribution in [0.5, 0.6) is 0 Å². The lowest BCUT2D eigenvalue weighted by atomic mass is 9.98. The van der Waals surface area contributed by atoms with E-state index in [1.807, 2.05) is 13.8 Å². The van der Waals surface area contributed by atoms with Crippen LogP contribution in [0.4, 0.5) is 10.5 Å². The van der Waals surface area contributed by atoms with Crippen LogP contribution in [-0.2, 0) is 14.3 Å². The van der Waals surface area contributed by atoms with Gasteiger partial charge in [-0.15, -0.1) is 6.42 Å². The molecular weight excluding hydrogens is 518 g/mol. The van der Waals surface area contributed by atoms with Crippen molar-refractivity contribution in [3.05, 3.63) is 64.2 Å². The molecule has 0 aliphatic rings. The fourth-order valence-corrected chi connectivity index (χ4v) is 4.30. The summed E-state index contributed by atoms with van der Waals surface area (Å²) < 4.78 is 5.38. The largest absolute Gasteiger partial charge is 0.444 e. The molecule has 210 valence electrons. The number of aryl methyl sites for hydroxylation is 1. The Hall–Kier alpha value is -3.54. The van der Waals surface area contributed by atoms with Gasteiger partial charge in [-0.25, -0.2) is 4.79 Å². The van der Waals surface area contributed by atoms with Crippen LogP contribution in [0.2, 0.25) is 5.02 Å². The third-order valence-corrected chi connectivity index (χ3v) is 6.06. The summed E-state index contributed by atoms with van der Waals surface area (Å²) in [6.07, 6.45) is 5.04. The summed E-state index contributed by atoms with van der Waals surface area (Å²) in [5.41, 5.74) is 1.45. The SMILES string of the molecule is C#Cc1ccc(C(C(=O)Nc2c(C)cccc2Cl)N(CCO)C(=O)C(CC(C)C)NC(=O)OC(C)(C)C)cc1. The van der Waals surface area contributed by atoms with Crippen LogP contribution in [0.15, 0.2) is 42.5 Å². The van der Waals surface area contributed by atoms with Crippen molar-refractivity contribution < 1.29 is 24.2 Å². The molecule has 2 aromatic carbocycles. The Morgan fingerprint density at radius 2 is 1.77 bits per heavy atom. The summed E-state index contributed by atoms with van der Waals surface area (Å²) >= 11 is 6.37. The number of aliphatic hydroxyl groups excluding tert-OH is 1. The number of nitrogens with one attached hydrogen (secondary N) is 2. The molecule has 3 amide bonds. The fraction of sp³-hybridized carbons (Fsp3) is 0.433. The topological polar surface area (TPSA) is 108 Å². The number of alkyl carbamates (subject to hydrolysis) is 1. The summed E-state index contributed by atoms with van der Waals surface area (Å²) in [4.78, 5) is 41.7. The van der Waals surface area contributed by atoms with Crippen molar-refractivity contribution in [2.45, 2.75) is 65.6 Å². The Labute approximate surface area is 236 Å². The maximum atomic E-state index is 14.0. The van der Waals surface area contributed by atoms with Crippen LogP contribution in [0, 0.1) is 25.2 Å². The number of para-hydroxylation sites is 1. The highest BCUT2D eigenvalue weighted by Crippen LogP contribution is 2.30. The number of aliphatic hydroxyl groups is 1. The van der Waals surface area contributed by atoms with Gasteiger partial charge in [0.25, 0.3) is 5.91 Å². The van der Waals surface area contributed by atoms with Gasteiger partial charge in [0.05, 0.1) is 17.3 Å². The highest BCUT2D eigenvalue weighted by atomic mass is 35.5. The van der Waals surface area contributed by atoms with Crippen molar-refractivity contribution in [3.8, 4) is 12.3 Å². The number of carbonyl (C=O) groups is 3. The maximum absolute atomic E-state index is 14.0. The molecule has 2 aromatic rings. The summed E-state index contributed by atoms with van der Waals surface area (Å²) in [7, 11) is 0. The lowest BCUT2D eigenvalue weighted by Crippen LogP contribution is -2.53. The summed E-state index contributed by atoms with van der Waals surface area (Å²) in [6.45, 7) is 10.2. The van der Waals surface area contributed by atoms with Crippen molar-refractivity contribution in [2.75, 3.05) is 18.5 Å². The van der Waals surface area contributed by atoms with Gasteiger partial charge in [0.1, 0.15) is 17.7 Å². The van der Waals surface area contributed by atoms with Crippen LogP contribution in [-0.4, -0.2) is 52.7 Å². The number of ether oxygens (including phenoxy) is 1. The van der Waals surface area contributed by atoms with Crippen LogP contribution >= 0.6 is 11.6 Å². The predicted molar refractivity (Wildman–Crippen MR) is 153 cm³/mol. The molecule has 0 bridgehead atoms. The van der Waals surface area contributed by atoms with Crippen molar-refractivity contribution in [3.63, 3.8) is 0 Å². The monoisotopic (exact) mass is 555 g/mol. The Morgan fingerprint density at radius 1 is 1.13 bits per heavy atom. The molecule has 0 radical (unpaired) electrons. The lowest BCUT2D eigenvalue weighted by molar-refractivity contribution is -0.141. The number of anilines is 1. The summed E-state index contributed by atoms with van der Waals surface area (Å²) in [5, 5.41) is 15.8. The van der Waals surface area contributed by atoms with Crippen molar-refractivity contribution in [1.29, 1.82) is 0 Å². The van der Waals surface area contributed by atoms with E-state index < -0.39 is 42.2 Å². The summed E-state index contributed by atoms with van der Waals surface area (Å²) in [5.74, 6) is 1.48. The number of hydrogen-bond acceptors (Lipinski definition) is 5. The molecule has 0 saturated heterocycles. The maximum Gasteiger partial charge on any atom is 0.408 e. The van der Waals surface area contributed by atoms with Crippen LogP contribution in [0.3, 0.4) is 0 Å². The van der Waals surface area contributed by atoms with Crippen molar-refractivity contribution in [2.24, 2.45) is 5.92 Å². The number of amides is 3. The first-order valence-corrected chi connectivity index (χ1v) is 13.2. The normalized spacial score (nSPS) is 12.7. The van der Waals surface area contributed by atoms with Gasteiger partial charge in [0.15, 0.2) is 0 Å². The number of halogens is 1. The van der Waals surface area contributed by atoms with E-state index in [1.54, 1.807) is 70.2 Å². The number of carbonyl (C=O) groups excluding carboxylic acids is 3. The van der Waals surface area contributed by atoms with Gasteiger partial charge in [0, 0.05) is 12.1 Å². The van der Waals surface area contributed by atoms with E-state index in [4.69, 9.17) is 22.8 Å². The third-order valence-electron chi connectivity index (χ3n) is 5.74. The lowest BCUT2D eigenvalue weighted by Gasteiger charge is -2.34. The molecule has 0 aromatic heterocycles. The first-order chi connectivity index (χ1) is 18.3. The Morgan fingerprint density at radius 3 is 2.28 bits per heavy atom. The van der Waals surface area contributed by atoms with Gasteiger partial charge < -0.3 is 25.4 Å². The van der Waals surface area contributed by atoms with Gasteiger partial charge in [0.2, 0.25) is 5.91 Å². The van der Waals surface area contributed by atoms with E-state index >= 15 is 0 Å². The quantitative estimate of drug-likeness (QED) is 0.355. The second-order valence-electron chi connectivity index (χ2n) is 10.7. The minimum Gasteiger partial charge on any atom is -0.444 e. The molecule has 3 N–H and O–H groups in total. The Kier molecular flexibility index (Phi) is 11.4. The number of rotatable bonds is 10. The van der Waals surface area contributed by atoms with Gasteiger partial charge in [-0.3, -0.25) is 9.59 Å². The minimum atomic E-state index is -1.16. The van der Waals surface area contributed by atoms with Gasteiger partial charge in [-0.2, -0.15) is 0 Å². The second-order valence-corrected chi connectivity index (χ2v) is 11.1. The Balaban J connectivity index is 2.56. The number of nitrogens with zero attached hydrogens (tertiary/aromatic N) is 1. The Bertz CT molecular complexity index is 1180. The average Bonchev–Trinajstić information content (AvgIpc) is 2.84. The molecule has 0 saturated carbocycles. The first-order valence-electron chi connectivity index (χ1n) is 12.8. The molecule has 0 fully saturated rings. The first kappa shape index (κ1) is 31.7. The smallest absolute Gasteiger partial charge is 0.408 e. The highest BCUT2D eigenvalue weighted by molar-refractivity contribution is 6.34. The molecule has 2 unspecified atom stereocenters. The highest BCUT2D eigenvalue weighted by Gasteiger charge is 2.36. The minimum absolute atomic E-state index is 0.0258. The molecule has 0 heterocycles. The van der Waals surface area contributed by atoms with E-state index in [9.17, 15) is 19.5 Å². The molecule has 2 rings (SSSR count). The average molecular weight is 556 g/mol. The van der Waals surface area contributed by atoms with Gasteiger partial charge in [-0.05, 0) is 69.4 Å². The van der Waals surface area contributed by atoms with Crippen molar-refractivity contribution in [1.82, 2.24) is 10.2 Å². The van der Waals surface area contributed by atoms with Crippen LogP contribution in [0.1, 0.15) is 63.8 Å². The van der Waals surface area contributed by atoms with E-state index in [0.717, 1.165) is 5.56 Å². The summed E-state index contributed by atoms with van der Waals surface area (Å²) in [6, 6.07) is 9.72. The van der Waals surface area contributed by atoms with E-state index in [1.165, 1.54) is 4.90 Å². The van der Waals surface area contributed by atoms with E-state index in [0.29, 0.717) is 21.8 Å². The molecule has 0 aliphatic carbocycles. The molecule has 8 nitrogen and oxygen atoms in total. The van der Waals surface area contributed by atoms with Crippen LogP contribution in [0.25, 0.3) is 0 Å². The van der Waals surface area contributed by atoms with Gasteiger partial charge in [-0.1, -0.05) is 55.6 Å². The van der Waals surface area contributed by atoms with E-state index in [2.05, 4.69) is 16.6 Å². The molecule has 2 atom stereocenters. The zero-order valence-electron chi connectivity index (χ0n) is 23.4. The molecular formula is C30H38ClN3O5. The van der Waals surface area contributed by atoms with Gasteiger partial charge >= 0.3 is 6.09 Å². The number of hydrogen-bond donors (Lipinski definition) is 3. The zero-order chi connectivity index (χ0) is 29.3. The van der Waals surface area contributed by atoms with E-state index in [-0.39, 0.29) is 18.9 Å². The zero-order valence-corrected chi connectivity index (χ0v) is 24.1. The number of benzene rings is 2. The van der Waals surface area contributed by atoms with Crippen LogP contribution < -0.4 is 10.6 Å². The van der Waals surface area contributed by atoms with Crippen molar-refractivity contribution >= 4 is 35.2 Å². The predicted octanol–water partition coefficient (Wildman–Crippen LogP) is 5.07. The standard InChI is InChI=1S/C30H38ClN3O5/c1-8-21-12-14-22(15-13-21)26(27(36)33-25-20(4)10-9-11-23(25)31)34(16-17-35)28(37)24(18-19(2)3)32-29(38)39-30(5,6)7/h1,9-15,19,24,26,35H,16-18H2,2-7H3,(H,32,38)(H,33,36). The molecule has 39 heavy (non-hydrogen) atoms. The third kappa shape index (κ3) is 9.31. The fourth-order valence-electron chi connectivity index (χ4n) is 4.03. The second kappa shape index (κ2) is 14.0.